The van der Waals surface area contributed by atoms with E-state index in [9.17, 15) is 0 Å². The van der Waals surface area contributed by atoms with Gasteiger partial charge in [0, 0.05) is 60.4 Å². The van der Waals surface area contributed by atoms with Crippen LogP contribution in [-0.4, -0.2) is 19.1 Å². The summed E-state index contributed by atoms with van der Waals surface area (Å²) in [6, 6.07) is 68.3. The third-order valence-electron chi connectivity index (χ3n) is 11.3. The summed E-state index contributed by atoms with van der Waals surface area (Å²) in [4.78, 5) is 10.1. The number of aromatic nitrogens is 4. The Morgan fingerprint density at radius 3 is 1.51 bits per heavy atom. The van der Waals surface area contributed by atoms with E-state index in [0.29, 0.717) is 5.82 Å². The molecule has 0 unspecified atom stereocenters. The lowest BCUT2D eigenvalue weighted by molar-refractivity contribution is 0.669. The molecule has 266 valence electrons. The number of hydrogen-bond acceptors (Lipinski definition) is 3. The van der Waals surface area contributed by atoms with E-state index in [4.69, 9.17) is 14.4 Å². The molecule has 0 radical (unpaired) electrons. The van der Waals surface area contributed by atoms with Crippen LogP contribution in [0.4, 0.5) is 0 Å². The van der Waals surface area contributed by atoms with Gasteiger partial charge in [0.2, 0.25) is 0 Å². The number of para-hydroxylation sites is 3. The van der Waals surface area contributed by atoms with Gasteiger partial charge in [-0.15, -0.1) is 0 Å². The first-order valence-corrected chi connectivity index (χ1v) is 19.2. The van der Waals surface area contributed by atoms with E-state index in [-0.39, 0.29) is 0 Å². The SMILES string of the molecule is c1ccc(-c2cc(-c3ccccc3)nc(-c3ccc4c(c3)oc3ccc(-n5c6ccccc6c6cc7c8ccccc8n(-c8ccccc8)c7cc65)cc34)n2)cc1. The number of hydrogen-bond donors (Lipinski definition) is 0. The fourth-order valence-corrected chi connectivity index (χ4v) is 8.70. The van der Waals surface area contributed by atoms with Crippen LogP contribution < -0.4 is 0 Å². The second-order valence-electron chi connectivity index (χ2n) is 14.6. The minimum Gasteiger partial charge on any atom is -0.456 e. The molecule has 0 saturated heterocycles. The molecule has 8 aromatic carbocycles. The molecule has 4 heterocycles. The summed E-state index contributed by atoms with van der Waals surface area (Å²) in [6.07, 6.45) is 0. The maximum atomic E-state index is 6.58. The van der Waals surface area contributed by atoms with Crippen LogP contribution >= 0.6 is 0 Å². The summed E-state index contributed by atoms with van der Waals surface area (Å²) in [6.45, 7) is 0. The van der Waals surface area contributed by atoms with Gasteiger partial charge in [0.25, 0.3) is 0 Å². The highest BCUT2D eigenvalue weighted by Gasteiger charge is 2.20. The highest BCUT2D eigenvalue weighted by atomic mass is 16.3. The molecule has 5 heteroatoms. The quantitative estimate of drug-likeness (QED) is 0.177. The van der Waals surface area contributed by atoms with Gasteiger partial charge < -0.3 is 13.6 Å². The summed E-state index contributed by atoms with van der Waals surface area (Å²) in [5.74, 6) is 0.655. The molecule has 0 amide bonds. The lowest BCUT2D eigenvalue weighted by atomic mass is 10.1. The highest BCUT2D eigenvalue weighted by Crippen LogP contribution is 2.41. The molecular formula is C52H32N4O. The van der Waals surface area contributed by atoms with Crippen molar-refractivity contribution in [2.75, 3.05) is 0 Å². The van der Waals surface area contributed by atoms with Gasteiger partial charge in [-0.05, 0) is 72.8 Å². The van der Waals surface area contributed by atoms with Gasteiger partial charge in [-0.1, -0.05) is 121 Å². The van der Waals surface area contributed by atoms with E-state index in [0.717, 1.165) is 72.4 Å². The van der Waals surface area contributed by atoms with Gasteiger partial charge in [-0.25, -0.2) is 9.97 Å². The van der Waals surface area contributed by atoms with Crippen LogP contribution in [0.1, 0.15) is 0 Å². The van der Waals surface area contributed by atoms with Crippen LogP contribution in [0, 0.1) is 0 Å². The number of furan rings is 1. The van der Waals surface area contributed by atoms with Crippen molar-refractivity contribution in [2.45, 2.75) is 0 Å². The second kappa shape index (κ2) is 12.4. The Kier molecular flexibility index (Phi) is 6.86. The third-order valence-corrected chi connectivity index (χ3v) is 11.3. The van der Waals surface area contributed by atoms with E-state index in [2.05, 4.69) is 167 Å². The minimum atomic E-state index is 0.655. The smallest absolute Gasteiger partial charge is 0.160 e. The topological polar surface area (TPSA) is 48.8 Å². The Morgan fingerprint density at radius 2 is 0.877 bits per heavy atom. The van der Waals surface area contributed by atoms with Crippen molar-refractivity contribution >= 4 is 65.6 Å². The average Bonchev–Trinajstić information content (AvgIpc) is 3.93. The van der Waals surface area contributed by atoms with Crippen LogP contribution in [0.5, 0.6) is 0 Å². The van der Waals surface area contributed by atoms with E-state index in [1.165, 1.54) is 32.6 Å². The van der Waals surface area contributed by atoms with Crippen molar-refractivity contribution in [2.24, 2.45) is 0 Å². The minimum absolute atomic E-state index is 0.655. The number of nitrogens with zero attached hydrogens (tertiary/aromatic N) is 4. The Hall–Kier alpha value is -7.76. The van der Waals surface area contributed by atoms with Crippen LogP contribution in [0.15, 0.2) is 199 Å². The lowest BCUT2D eigenvalue weighted by Crippen LogP contribution is -1.96. The summed E-state index contributed by atoms with van der Waals surface area (Å²) >= 11 is 0. The van der Waals surface area contributed by atoms with E-state index in [1.807, 2.05) is 36.4 Å². The van der Waals surface area contributed by atoms with Gasteiger partial charge in [0.05, 0.1) is 33.5 Å². The molecular weight excluding hydrogens is 697 g/mol. The summed E-state index contributed by atoms with van der Waals surface area (Å²) in [7, 11) is 0. The molecule has 0 aliphatic heterocycles. The molecule has 0 saturated carbocycles. The first-order valence-electron chi connectivity index (χ1n) is 19.2. The zero-order valence-electron chi connectivity index (χ0n) is 30.7. The van der Waals surface area contributed by atoms with Crippen molar-refractivity contribution in [3.05, 3.63) is 194 Å². The molecule has 0 spiro atoms. The van der Waals surface area contributed by atoms with Crippen LogP contribution in [0.3, 0.4) is 0 Å². The monoisotopic (exact) mass is 728 g/mol. The van der Waals surface area contributed by atoms with Gasteiger partial charge >= 0.3 is 0 Å². The fourth-order valence-electron chi connectivity index (χ4n) is 8.70. The first kappa shape index (κ1) is 31.6. The number of benzene rings is 8. The van der Waals surface area contributed by atoms with E-state index >= 15 is 0 Å². The molecule has 57 heavy (non-hydrogen) atoms. The molecule has 0 fully saturated rings. The summed E-state index contributed by atoms with van der Waals surface area (Å²) < 4.78 is 11.4. The van der Waals surface area contributed by atoms with Gasteiger partial charge in [-0.3, -0.25) is 0 Å². The molecule has 0 atom stereocenters. The van der Waals surface area contributed by atoms with Crippen molar-refractivity contribution in [1.29, 1.82) is 0 Å². The molecule has 5 nitrogen and oxygen atoms in total. The molecule has 0 N–H and O–H groups in total. The van der Waals surface area contributed by atoms with Crippen LogP contribution in [0.25, 0.3) is 111 Å². The standard InChI is InChI=1S/C52H32N4O/c1-4-14-33(15-5-1)44-31-45(34-16-6-2-7-17-34)54-52(53-44)35-24-26-40-43-29-37(25-27-50(43)57-51(40)28-35)56-47-23-13-11-21-39(47)42-30-41-38-20-10-12-22-46(38)55(48(41)32-49(42)56)36-18-8-3-9-19-36/h1-32H. The summed E-state index contributed by atoms with van der Waals surface area (Å²) in [5, 5.41) is 7.04. The Bertz CT molecular complexity index is 3450. The average molecular weight is 729 g/mol. The van der Waals surface area contributed by atoms with Crippen molar-refractivity contribution in [1.82, 2.24) is 19.1 Å². The molecule has 0 aliphatic rings. The largest absolute Gasteiger partial charge is 0.456 e. The fraction of sp³-hybridized carbons (Fsp3) is 0. The maximum absolute atomic E-state index is 6.58. The lowest BCUT2D eigenvalue weighted by Gasteiger charge is -2.10. The molecule has 0 aliphatic carbocycles. The normalized spacial score (nSPS) is 11.9. The highest BCUT2D eigenvalue weighted by molar-refractivity contribution is 6.19. The number of fused-ring (bicyclic) bond motifs is 9. The van der Waals surface area contributed by atoms with Crippen molar-refractivity contribution in [3.63, 3.8) is 0 Å². The van der Waals surface area contributed by atoms with Gasteiger partial charge in [-0.2, -0.15) is 0 Å². The van der Waals surface area contributed by atoms with Crippen molar-refractivity contribution < 1.29 is 4.42 Å². The first-order chi connectivity index (χ1) is 28.2. The predicted octanol–water partition coefficient (Wildman–Crippen LogP) is 13.6. The number of rotatable bonds is 5. The van der Waals surface area contributed by atoms with E-state index in [1.54, 1.807) is 0 Å². The molecule has 4 aromatic heterocycles. The Balaban J connectivity index is 1.04. The maximum Gasteiger partial charge on any atom is 0.160 e. The van der Waals surface area contributed by atoms with Gasteiger partial charge in [0.15, 0.2) is 5.82 Å². The third kappa shape index (κ3) is 4.96. The van der Waals surface area contributed by atoms with Crippen LogP contribution in [0.2, 0.25) is 0 Å². The second-order valence-corrected chi connectivity index (χ2v) is 14.6. The van der Waals surface area contributed by atoms with E-state index < -0.39 is 0 Å². The van der Waals surface area contributed by atoms with Gasteiger partial charge in [0.1, 0.15) is 11.2 Å². The predicted molar refractivity (Wildman–Crippen MR) is 234 cm³/mol. The zero-order valence-corrected chi connectivity index (χ0v) is 30.7. The van der Waals surface area contributed by atoms with Crippen molar-refractivity contribution in [3.8, 4) is 45.3 Å². The molecule has 12 aromatic rings. The Morgan fingerprint density at radius 1 is 0.316 bits per heavy atom. The molecule has 12 rings (SSSR count). The zero-order chi connectivity index (χ0) is 37.5. The van der Waals surface area contributed by atoms with Crippen LogP contribution in [-0.2, 0) is 0 Å². The molecule has 0 bridgehead atoms. The summed E-state index contributed by atoms with van der Waals surface area (Å²) in [5.41, 5.74) is 13.3. The Labute approximate surface area is 327 Å².